The molecule has 2 heterocycles. The van der Waals surface area contributed by atoms with Crippen molar-refractivity contribution in [1.29, 1.82) is 0 Å². The zero-order valence-corrected chi connectivity index (χ0v) is 18.0. The Morgan fingerprint density at radius 1 is 1.21 bits per heavy atom. The lowest BCUT2D eigenvalue weighted by atomic mass is 10.3. The standard InChI is InChI=1S/C19H18Cl2N4O3S/c1-24-12-15(29(27,28)25(2)11-13-4-3-7-22-10-13)9-18(24)19(26)23-14-5-6-16(20)17(21)8-14/h3-10,12H,11H2,1-2H3,(H,23,26). The quantitative estimate of drug-likeness (QED) is 0.616. The minimum absolute atomic E-state index is 0.0191. The molecule has 0 aliphatic carbocycles. The zero-order valence-electron chi connectivity index (χ0n) is 15.6. The smallest absolute Gasteiger partial charge is 0.272 e. The summed E-state index contributed by atoms with van der Waals surface area (Å²) in [4.78, 5) is 16.6. The Bertz CT molecular complexity index is 1150. The molecule has 29 heavy (non-hydrogen) atoms. The largest absolute Gasteiger partial charge is 0.345 e. The summed E-state index contributed by atoms with van der Waals surface area (Å²) in [6.07, 6.45) is 4.62. The van der Waals surface area contributed by atoms with Gasteiger partial charge in [0.25, 0.3) is 5.91 Å². The van der Waals surface area contributed by atoms with Gasteiger partial charge in [-0.1, -0.05) is 29.3 Å². The molecule has 1 aromatic carbocycles. The normalized spacial score (nSPS) is 11.6. The van der Waals surface area contributed by atoms with Gasteiger partial charge in [0.15, 0.2) is 0 Å². The summed E-state index contributed by atoms with van der Waals surface area (Å²) >= 11 is 11.8. The molecule has 3 rings (SSSR count). The van der Waals surface area contributed by atoms with Crippen LogP contribution in [0.15, 0.2) is 59.9 Å². The van der Waals surface area contributed by atoms with Crippen molar-refractivity contribution in [3.05, 3.63) is 76.3 Å². The van der Waals surface area contributed by atoms with Crippen LogP contribution >= 0.6 is 23.2 Å². The van der Waals surface area contributed by atoms with E-state index in [0.717, 1.165) is 5.56 Å². The fourth-order valence-corrected chi connectivity index (χ4v) is 4.21. The second-order valence-electron chi connectivity index (χ2n) is 6.38. The number of hydrogen-bond donors (Lipinski definition) is 1. The van der Waals surface area contributed by atoms with Gasteiger partial charge in [-0.15, -0.1) is 0 Å². The monoisotopic (exact) mass is 452 g/mol. The van der Waals surface area contributed by atoms with Gasteiger partial charge in [0.1, 0.15) is 10.6 Å². The number of pyridine rings is 1. The van der Waals surface area contributed by atoms with Gasteiger partial charge in [-0.2, -0.15) is 4.31 Å². The minimum atomic E-state index is -3.79. The van der Waals surface area contributed by atoms with E-state index in [9.17, 15) is 13.2 Å². The first-order chi connectivity index (χ1) is 13.7. The van der Waals surface area contributed by atoms with Gasteiger partial charge in [-0.3, -0.25) is 9.78 Å². The highest BCUT2D eigenvalue weighted by atomic mass is 35.5. The SMILES string of the molecule is CN(Cc1cccnc1)S(=O)(=O)c1cc(C(=O)Nc2ccc(Cl)c(Cl)c2)n(C)c1. The number of benzene rings is 1. The molecule has 2 aromatic heterocycles. The first-order valence-corrected chi connectivity index (χ1v) is 10.7. The summed E-state index contributed by atoms with van der Waals surface area (Å²) in [6.45, 7) is 0.163. The van der Waals surface area contributed by atoms with Gasteiger partial charge in [-0.05, 0) is 35.9 Å². The van der Waals surface area contributed by atoms with E-state index >= 15 is 0 Å². The fraction of sp³-hybridized carbons (Fsp3) is 0.158. The van der Waals surface area contributed by atoms with Crippen LogP contribution in [-0.2, 0) is 23.6 Å². The Morgan fingerprint density at radius 3 is 2.62 bits per heavy atom. The van der Waals surface area contributed by atoms with Crippen LogP contribution in [0.4, 0.5) is 5.69 Å². The number of hydrogen-bond acceptors (Lipinski definition) is 4. The summed E-state index contributed by atoms with van der Waals surface area (Å²) in [5.74, 6) is -0.470. The molecule has 7 nitrogen and oxygen atoms in total. The number of amides is 1. The molecule has 1 N–H and O–H groups in total. The lowest BCUT2D eigenvalue weighted by Gasteiger charge is -2.16. The van der Waals surface area contributed by atoms with E-state index in [1.54, 1.807) is 43.7 Å². The average Bonchev–Trinajstić information content (AvgIpc) is 3.08. The second-order valence-corrected chi connectivity index (χ2v) is 9.24. The number of aromatic nitrogens is 2. The molecule has 0 saturated heterocycles. The molecule has 0 spiro atoms. The summed E-state index contributed by atoms with van der Waals surface area (Å²) in [5, 5.41) is 3.35. The highest BCUT2D eigenvalue weighted by Gasteiger charge is 2.25. The molecular weight excluding hydrogens is 435 g/mol. The van der Waals surface area contributed by atoms with Gasteiger partial charge in [-0.25, -0.2) is 8.42 Å². The predicted octanol–water partition coefficient (Wildman–Crippen LogP) is 3.80. The topological polar surface area (TPSA) is 84.3 Å². The third kappa shape index (κ3) is 4.79. The summed E-state index contributed by atoms with van der Waals surface area (Å²) in [7, 11) is -0.713. The number of carbonyl (C=O) groups excluding carboxylic acids is 1. The van der Waals surface area contributed by atoms with Crippen LogP contribution in [-0.4, -0.2) is 35.2 Å². The van der Waals surface area contributed by atoms with Crippen molar-refractivity contribution in [2.45, 2.75) is 11.4 Å². The molecule has 0 radical (unpaired) electrons. The van der Waals surface area contributed by atoms with E-state index in [4.69, 9.17) is 23.2 Å². The molecule has 0 saturated carbocycles. The van der Waals surface area contributed by atoms with Crippen molar-refractivity contribution in [3.8, 4) is 0 Å². The Morgan fingerprint density at radius 2 is 1.97 bits per heavy atom. The van der Waals surface area contributed by atoms with Crippen molar-refractivity contribution in [2.75, 3.05) is 12.4 Å². The molecule has 0 bridgehead atoms. The number of halogens is 2. The van der Waals surface area contributed by atoms with Crippen LogP contribution in [0.3, 0.4) is 0 Å². The molecule has 1 amide bonds. The number of sulfonamides is 1. The van der Waals surface area contributed by atoms with Crippen LogP contribution < -0.4 is 5.32 Å². The highest BCUT2D eigenvalue weighted by molar-refractivity contribution is 7.89. The van der Waals surface area contributed by atoms with Crippen LogP contribution in [0.25, 0.3) is 0 Å². The minimum Gasteiger partial charge on any atom is -0.345 e. The van der Waals surface area contributed by atoms with Gasteiger partial charge in [0, 0.05) is 44.9 Å². The molecular formula is C19H18Cl2N4O3S. The Balaban J connectivity index is 1.81. The lowest BCUT2D eigenvalue weighted by molar-refractivity contribution is 0.101. The molecule has 3 aromatic rings. The van der Waals surface area contributed by atoms with Crippen LogP contribution in [0.1, 0.15) is 16.1 Å². The summed E-state index contributed by atoms with van der Waals surface area (Å²) < 4.78 is 28.5. The molecule has 152 valence electrons. The number of nitrogens with zero attached hydrogens (tertiary/aromatic N) is 3. The third-order valence-electron chi connectivity index (χ3n) is 4.23. The number of aryl methyl sites for hydroxylation is 1. The van der Waals surface area contributed by atoms with E-state index in [-0.39, 0.29) is 17.1 Å². The van der Waals surface area contributed by atoms with E-state index in [0.29, 0.717) is 15.7 Å². The summed E-state index contributed by atoms with van der Waals surface area (Å²) in [5.41, 5.74) is 1.39. The van der Waals surface area contributed by atoms with Gasteiger partial charge < -0.3 is 9.88 Å². The van der Waals surface area contributed by atoms with Crippen molar-refractivity contribution in [2.24, 2.45) is 7.05 Å². The molecule has 0 aliphatic rings. The zero-order chi connectivity index (χ0) is 21.2. The summed E-state index contributed by atoms with van der Waals surface area (Å²) in [6, 6.07) is 9.55. The number of anilines is 1. The predicted molar refractivity (Wildman–Crippen MR) is 113 cm³/mol. The first-order valence-electron chi connectivity index (χ1n) is 8.46. The molecule has 0 aliphatic heterocycles. The van der Waals surface area contributed by atoms with E-state index in [1.807, 2.05) is 0 Å². The molecule has 0 fully saturated rings. The van der Waals surface area contributed by atoms with Crippen molar-refractivity contribution in [3.63, 3.8) is 0 Å². The Labute approximate surface area is 178 Å². The van der Waals surface area contributed by atoms with Crippen molar-refractivity contribution >= 4 is 44.8 Å². The fourth-order valence-electron chi connectivity index (χ4n) is 2.68. The number of carbonyl (C=O) groups is 1. The van der Waals surface area contributed by atoms with E-state index in [2.05, 4.69) is 10.3 Å². The van der Waals surface area contributed by atoms with Crippen LogP contribution in [0.2, 0.25) is 10.0 Å². The van der Waals surface area contributed by atoms with Crippen LogP contribution in [0, 0.1) is 0 Å². The lowest BCUT2D eigenvalue weighted by Crippen LogP contribution is -2.26. The Hall–Kier alpha value is -2.39. The first kappa shape index (κ1) is 21.3. The maximum Gasteiger partial charge on any atom is 0.272 e. The Kier molecular flexibility index (Phi) is 6.28. The highest BCUT2D eigenvalue weighted by Crippen LogP contribution is 2.26. The number of rotatable bonds is 6. The molecule has 0 unspecified atom stereocenters. The number of nitrogens with one attached hydrogen (secondary N) is 1. The van der Waals surface area contributed by atoms with E-state index in [1.165, 1.54) is 34.2 Å². The molecule has 10 heteroatoms. The third-order valence-corrected chi connectivity index (χ3v) is 6.73. The van der Waals surface area contributed by atoms with Gasteiger partial charge in [0.2, 0.25) is 10.0 Å². The van der Waals surface area contributed by atoms with Crippen molar-refractivity contribution in [1.82, 2.24) is 13.9 Å². The van der Waals surface area contributed by atoms with Crippen LogP contribution in [0.5, 0.6) is 0 Å². The molecule has 0 atom stereocenters. The van der Waals surface area contributed by atoms with Crippen molar-refractivity contribution < 1.29 is 13.2 Å². The van der Waals surface area contributed by atoms with Gasteiger partial charge in [0.05, 0.1) is 10.0 Å². The maximum absolute atomic E-state index is 12.9. The van der Waals surface area contributed by atoms with Gasteiger partial charge >= 0.3 is 0 Å². The van der Waals surface area contributed by atoms with E-state index < -0.39 is 15.9 Å². The second kappa shape index (κ2) is 8.54. The average molecular weight is 453 g/mol. The maximum atomic E-state index is 12.9.